The number of benzene rings is 1. The van der Waals surface area contributed by atoms with E-state index in [1.165, 1.54) is 23.5 Å². The molecule has 0 fully saturated rings. The molecule has 1 aromatic carbocycles. The third kappa shape index (κ3) is 4.47. The number of anilines is 1. The number of thiazole rings is 1. The van der Waals surface area contributed by atoms with Crippen LogP contribution in [0.15, 0.2) is 23.1 Å². The molecule has 1 heterocycles. The maximum Gasteiger partial charge on any atom is 0.335 e. The molecule has 0 saturated heterocycles. The summed E-state index contributed by atoms with van der Waals surface area (Å²) in [6, 6.07) is 3.51. The molecule has 0 spiro atoms. The summed E-state index contributed by atoms with van der Waals surface area (Å²) in [7, 11) is -3.63. The van der Waals surface area contributed by atoms with E-state index < -0.39 is 21.7 Å². The first-order valence-electron chi connectivity index (χ1n) is 7.67. The summed E-state index contributed by atoms with van der Waals surface area (Å²) in [4.78, 5) is 28.5. The molecule has 0 aliphatic carbocycles. The van der Waals surface area contributed by atoms with Gasteiger partial charge in [-0.2, -0.15) is 0 Å². The van der Waals surface area contributed by atoms with E-state index in [-0.39, 0.29) is 21.6 Å². The molecule has 7 nitrogen and oxygen atoms in total. The Kier molecular flexibility index (Phi) is 5.25. The van der Waals surface area contributed by atoms with E-state index in [9.17, 15) is 23.1 Å². The quantitative estimate of drug-likeness (QED) is 0.821. The molecule has 2 rings (SSSR count). The molecule has 1 amide bonds. The second-order valence-corrected chi connectivity index (χ2v) is 9.98. The standard InChI is InChI=1S/C17H20N2O5S2/c1-9-13(25-16(18-9)17(2,3)4)14(20)19-11-6-10(15(21)22)7-12(8-11)26(5,23)24/h6-8H,1-5H3,(H,19,20)(H,21,22). The van der Waals surface area contributed by atoms with Gasteiger partial charge in [-0.25, -0.2) is 18.2 Å². The third-order valence-corrected chi connectivity index (χ3v) is 6.16. The molecule has 1 aromatic heterocycles. The number of amides is 1. The zero-order chi connectivity index (χ0) is 19.9. The fourth-order valence-electron chi connectivity index (χ4n) is 2.12. The van der Waals surface area contributed by atoms with Gasteiger partial charge in [-0.05, 0) is 25.1 Å². The number of hydrogen-bond donors (Lipinski definition) is 2. The summed E-state index contributed by atoms with van der Waals surface area (Å²) in [5, 5.41) is 12.5. The van der Waals surface area contributed by atoms with Gasteiger partial charge in [0, 0.05) is 17.4 Å². The molecule has 26 heavy (non-hydrogen) atoms. The number of nitrogens with one attached hydrogen (secondary N) is 1. The Morgan fingerprint density at radius 1 is 1.19 bits per heavy atom. The maximum atomic E-state index is 12.6. The Morgan fingerprint density at radius 3 is 2.27 bits per heavy atom. The summed E-state index contributed by atoms with van der Waals surface area (Å²) in [6.07, 6.45) is 0.975. The van der Waals surface area contributed by atoms with Gasteiger partial charge in [-0.15, -0.1) is 11.3 Å². The van der Waals surface area contributed by atoms with Gasteiger partial charge in [0.1, 0.15) is 4.88 Å². The number of rotatable bonds is 4. The van der Waals surface area contributed by atoms with Gasteiger partial charge < -0.3 is 10.4 Å². The number of carboxylic acids is 1. The lowest BCUT2D eigenvalue weighted by atomic mass is 9.98. The number of aromatic carboxylic acids is 1. The average Bonchev–Trinajstić information content (AvgIpc) is 2.88. The molecular formula is C17H20N2O5S2. The summed E-state index contributed by atoms with van der Waals surface area (Å²) < 4.78 is 23.5. The van der Waals surface area contributed by atoms with Crippen LogP contribution in [0.5, 0.6) is 0 Å². The highest BCUT2D eigenvalue weighted by molar-refractivity contribution is 7.90. The van der Waals surface area contributed by atoms with E-state index in [1.54, 1.807) is 6.92 Å². The number of carboxylic acid groups (broad SMARTS) is 1. The van der Waals surface area contributed by atoms with Gasteiger partial charge >= 0.3 is 5.97 Å². The Labute approximate surface area is 156 Å². The first-order chi connectivity index (χ1) is 11.8. The normalized spacial score (nSPS) is 12.0. The lowest BCUT2D eigenvalue weighted by molar-refractivity contribution is 0.0696. The predicted molar refractivity (Wildman–Crippen MR) is 100 cm³/mol. The molecular weight excluding hydrogens is 376 g/mol. The maximum absolute atomic E-state index is 12.6. The number of hydrogen-bond acceptors (Lipinski definition) is 6. The van der Waals surface area contributed by atoms with Crippen LogP contribution in [0.3, 0.4) is 0 Å². The van der Waals surface area contributed by atoms with Crippen molar-refractivity contribution < 1.29 is 23.1 Å². The Balaban J connectivity index is 2.42. The largest absolute Gasteiger partial charge is 0.478 e. The average molecular weight is 396 g/mol. The molecule has 140 valence electrons. The minimum atomic E-state index is -3.63. The van der Waals surface area contributed by atoms with Gasteiger partial charge in [-0.1, -0.05) is 20.8 Å². The molecule has 0 radical (unpaired) electrons. The van der Waals surface area contributed by atoms with Gasteiger partial charge in [0.05, 0.1) is 21.2 Å². The van der Waals surface area contributed by atoms with Gasteiger partial charge in [0.25, 0.3) is 5.91 Å². The summed E-state index contributed by atoms with van der Waals surface area (Å²) in [6.45, 7) is 7.68. The van der Waals surface area contributed by atoms with Crippen LogP contribution in [-0.4, -0.2) is 36.6 Å². The van der Waals surface area contributed by atoms with Crippen molar-refractivity contribution in [3.63, 3.8) is 0 Å². The summed E-state index contributed by atoms with van der Waals surface area (Å²) in [5.41, 5.74) is 0.232. The van der Waals surface area contributed by atoms with E-state index in [0.29, 0.717) is 10.6 Å². The van der Waals surface area contributed by atoms with Crippen LogP contribution in [0.25, 0.3) is 0 Å². The minimum Gasteiger partial charge on any atom is -0.478 e. The lowest BCUT2D eigenvalue weighted by Crippen LogP contribution is -2.13. The fraction of sp³-hybridized carbons (Fsp3) is 0.353. The number of carbonyl (C=O) groups excluding carboxylic acids is 1. The molecule has 9 heteroatoms. The van der Waals surface area contributed by atoms with E-state index in [0.717, 1.165) is 17.3 Å². The lowest BCUT2D eigenvalue weighted by Gasteiger charge is -2.13. The van der Waals surface area contributed by atoms with E-state index in [2.05, 4.69) is 10.3 Å². The van der Waals surface area contributed by atoms with Crippen LogP contribution < -0.4 is 5.32 Å². The third-order valence-electron chi connectivity index (χ3n) is 3.48. The SMILES string of the molecule is Cc1nc(C(C)(C)C)sc1C(=O)Nc1cc(C(=O)O)cc(S(C)(=O)=O)c1. The zero-order valence-corrected chi connectivity index (χ0v) is 16.7. The van der Waals surface area contributed by atoms with Crippen LogP contribution in [0.4, 0.5) is 5.69 Å². The van der Waals surface area contributed by atoms with Crippen LogP contribution >= 0.6 is 11.3 Å². The van der Waals surface area contributed by atoms with Crippen LogP contribution in [-0.2, 0) is 15.3 Å². The van der Waals surface area contributed by atoms with Crippen molar-refractivity contribution in [3.8, 4) is 0 Å². The highest BCUT2D eigenvalue weighted by Crippen LogP contribution is 2.30. The van der Waals surface area contributed by atoms with Crippen molar-refractivity contribution in [2.75, 3.05) is 11.6 Å². The second kappa shape index (κ2) is 6.81. The van der Waals surface area contributed by atoms with Crippen LogP contribution in [0, 0.1) is 6.92 Å². The number of aryl methyl sites for hydroxylation is 1. The second-order valence-electron chi connectivity index (χ2n) is 6.96. The van der Waals surface area contributed by atoms with Crippen molar-refractivity contribution >= 4 is 38.7 Å². The zero-order valence-electron chi connectivity index (χ0n) is 15.1. The smallest absolute Gasteiger partial charge is 0.335 e. The molecule has 2 N–H and O–H groups in total. The highest BCUT2D eigenvalue weighted by atomic mass is 32.2. The topological polar surface area (TPSA) is 113 Å². The van der Waals surface area contributed by atoms with Gasteiger partial charge in [-0.3, -0.25) is 4.79 Å². The molecule has 0 aliphatic heterocycles. The van der Waals surface area contributed by atoms with Crippen molar-refractivity contribution in [3.05, 3.63) is 39.3 Å². The summed E-state index contributed by atoms with van der Waals surface area (Å²) >= 11 is 1.26. The van der Waals surface area contributed by atoms with Crippen molar-refractivity contribution in [2.24, 2.45) is 0 Å². The van der Waals surface area contributed by atoms with Crippen molar-refractivity contribution in [1.82, 2.24) is 4.98 Å². The fourth-order valence-corrected chi connectivity index (χ4v) is 3.83. The van der Waals surface area contributed by atoms with Crippen LogP contribution in [0.2, 0.25) is 0 Å². The van der Waals surface area contributed by atoms with E-state index in [1.807, 2.05) is 20.8 Å². The van der Waals surface area contributed by atoms with Crippen molar-refractivity contribution in [1.29, 1.82) is 0 Å². The molecule has 0 aliphatic rings. The first-order valence-corrected chi connectivity index (χ1v) is 10.4. The number of aromatic nitrogens is 1. The molecule has 2 aromatic rings. The molecule has 0 saturated carbocycles. The predicted octanol–water partition coefficient (Wildman–Crippen LogP) is 3.10. The Morgan fingerprint density at radius 2 is 1.81 bits per heavy atom. The summed E-state index contributed by atoms with van der Waals surface area (Å²) in [5.74, 6) is -1.74. The number of sulfone groups is 1. The monoisotopic (exact) mass is 396 g/mol. The Hall–Kier alpha value is -2.26. The number of carbonyl (C=O) groups is 2. The van der Waals surface area contributed by atoms with Crippen molar-refractivity contribution in [2.45, 2.75) is 38.0 Å². The number of nitrogens with zero attached hydrogens (tertiary/aromatic N) is 1. The highest BCUT2D eigenvalue weighted by Gasteiger charge is 2.23. The Bertz CT molecular complexity index is 985. The van der Waals surface area contributed by atoms with Gasteiger partial charge in [0.2, 0.25) is 0 Å². The van der Waals surface area contributed by atoms with E-state index in [4.69, 9.17) is 0 Å². The molecule has 0 atom stereocenters. The van der Waals surface area contributed by atoms with E-state index >= 15 is 0 Å². The minimum absolute atomic E-state index is 0.0976. The van der Waals surface area contributed by atoms with Gasteiger partial charge in [0.15, 0.2) is 9.84 Å². The molecule has 0 bridgehead atoms. The molecule has 0 unspecified atom stereocenters. The van der Waals surface area contributed by atoms with Crippen LogP contribution in [0.1, 0.15) is 51.5 Å². The first kappa shape index (κ1) is 20.1.